The lowest BCUT2D eigenvalue weighted by atomic mass is 9.94. The topological polar surface area (TPSA) is 138 Å². The highest BCUT2D eigenvalue weighted by Gasteiger charge is 2.56. The third kappa shape index (κ3) is 11.2. The summed E-state index contributed by atoms with van der Waals surface area (Å²) in [7, 11) is 0. The minimum Gasteiger partial charge on any atom is -0.464 e. The zero-order valence-electron chi connectivity index (χ0n) is 26.3. The van der Waals surface area contributed by atoms with E-state index in [1.807, 2.05) is 0 Å². The Morgan fingerprint density at radius 2 is 0.952 bits per heavy atom. The highest BCUT2D eigenvalue weighted by molar-refractivity contribution is 8.00. The first-order valence-electron chi connectivity index (χ1n) is 13.3. The van der Waals surface area contributed by atoms with Crippen LogP contribution in [0.2, 0.25) is 0 Å². The average molecular weight is 677 g/mol. The lowest BCUT2D eigenvalue weighted by Crippen LogP contribution is -2.61. The van der Waals surface area contributed by atoms with Crippen LogP contribution in [0.3, 0.4) is 0 Å². The fourth-order valence-electron chi connectivity index (χ4n) is 2.97. The molecule has 10 nitrogen and oxygen atoms in total. The molecule has 0 aromatic carbocycles. The fraction of sp³-hybridized carbons (Fsp3) is 0.821. The summed E-state index contributed by atoms with van der Waals surface area (Å²) in [5.74, 6) is -3.38. The molecule has 242 valence electrons. The molecule has 1 N–H and O–H groups in total. The Morgan fingerprint density at radius 3 is 1.31 bits per heavy atom. The lowest BCUT2D eigenvalue weighted by molar-refractivity contribution is -0.203. The highest BCUT2D eigenvalue weighted by atomic mass is 35.6. The smallest absolute Gasteiger partial charge is 0.311 e. The Morgan fingerprint density at radius 1 is 0.595 bits per heavy atom. The molecule has 0 aromatic heterocycles. The molecule has 0 amide bonds. The molecule has 1 aliphatic heterocycles. The number of alkyl halides is 3. The van der Waals surface area contributed by atoms with Gasteiger partial charge in [-0.15, -0.1) is 11.8 Å². The molecule has 1 saturated heterocycles. The molecular formula is C28H44Cl3NO9S. The number of hydrogen-bond donors (Lipinski definition) is 1. The fourth-order valence-corrected chi connectivity index (χ4v) is 4.47. The van der Waals surface area contributed by atoms with Gasteiger partial charge in [-0.25, -0.2) is 0 Å². The molecule has 1 heterocycles. The second-order valence-corrected chi connectivity index (χ2v) is 17.8. The van der Waals surface area contributed by atoms with Gasteiger partial charge in [-0.05, 0) is 83.1 Å². The van der Waals surface area contributed by atoms with Gasteiger partial charge in [-0.3, -0.25) is 24.6 Å². The first-order chi connectivity index (χ1) is 18.6. The van der Waals surface area contributed by atoms with Crippen LogP contribution in [0.5, 0.6) is 0 Å². The molecule has 14 heteroatoms. The van der Waals surface area contributed by atoms with Crippen LogP contribution in [-0.2, 0) is 42.9 Å². The number of nitrogens with one attached hydrogen (secondary N) is 1. The molecule has 1 fully saturated rings. The predicted molar refractivity (Wildman–Crippen MR) is 163 cm³/mol. The van der Waals surface area contributed by atoms with Gasteiger partial charge in [0.15, 0.2) is 23.7 Å². The molecule has 0 aliphatic carbocycles. The summed E-state index contributed by atoms with van der Waals surface area (Å²) in [6.45, 7) is 19.3. The standard InChI is InChI=1S/C28H44Cl3NO9S/c1-24(2,3)20(33)37-13-14-15(38-21(34)25(4,5)6)16(39-22(35)26(7,8)9)17(40-23(36)27(10,11)12)18(42-14)41-19(32)28(29,30)31/h14-18,32H,13H2,1-12H3/t14-,15-,16+,17-,18+/m1/s1. The zero-order chi connectivity index (χ0) is 33.2. The van der Waals surface area contributed by atoms with Crippen molar-refractivity contribution < 1.29 is 42.9 Å². The van der Waals surface area contributed by atoms with E-state index in [1.54, 1.807) is 83.1 Å². The van der Waals surface area contributed by atoms with Gasteiger partial charge in [-0.2, -0.15) is 0 Å². The molecule has 5 atom stereocenters. The van der Waals surface area contributed by atoms with Crippen molar-refractivity contribution in [2.45, 2.75) is 116 Å². The number of halogens is 3. The average Bonchev–Trinajstić information content (AvgIpc) is 2.77. The van der Waals surface area contributed by atoms with Crippen LogP contribution in [-0.4, -0.2) is 69.2 Å². The van der Waals surface area contributed by atoms with E-state index in [0.29, 0.717) is 0 Å². The van der Waals surface area contributed by atoms with Crippen LogP contribution < -0.4 is 0 Å². The van der Waals surface area contributed by atoms with E-state index in [-0.39, 0.29) is 6.61 Å². The summed E-state index contributed by atoms with van der Waals surface area (Å²) in [5.41, 5.74) is -5.16. The number of hydrogen-bond acceptors (Lipinski definition) is 11. The van der Waals surface area contributed by atoms with Crippen LogP contribution in [0.4, 0.5) is 0 Å². The van der Waals surface area contributed by atoms with Crippen LogP contribution >= 0.6 is 46.6 Å². The van der Waals surface area contributed by atoms with Crippen molar-refractivity contribution in [1.29, 1.82) is 5.41 Å². The maximum atomic E-state index is 13.2. The first kappa shape index (κ1) is 38.6. The molecule has 42 heavy (non-hydrogen) atoms. The monoisotopic (exact) mass is 675 g/mol. The zero-order valence-corrected chi connectivity index (χ0v) is 29.4. The number of esters is 4. The Balaban J connectivity index is 3.82. The van der Waals surface area contributed by atoms with Gasteiger partial charge in [0.25, 0.3) is 3.79 Å². The van der Waals surface area contributed by atoms with E-state index in [4.69, 9.17) is 63.9 Å². The predicted octanol–water partition coefficient (Wildman–Crippen LogP) is 6.25. The van der Waals surface area contributed by atoms with Crippen LogP contribution in [0.1, 0.15) is 83.1 Å². The molecule has 1 aliphatic rings. The SMILES string of the molecule is CC(C)(C)C(=O)OC[C@H]1S[C@H](OC(=N)C(Cl)(Cl)Cl)[C@H](OC(=O)C(C)(C)C)[C@@H](OC(=O)C(C)(C)C)[C@@H]1OC(=O)C(C)(C)C. The Hall–Kier alpha value is -1.43. The van der Waals surface area contributed by atoms with Gasteiger partial charge >= 0.3 is 23.9 Å². The lowest BCUT2D eigenvalue weighted by Gasteiger charge is -2.45. The van der Waals surface area contributed by atoms with Crippen molar-refractivity contribution in [3.63, 3.8) is 0 Å². The van der Waals surface area contributed by atoms with Gasteiger partial charge in [0.05, 0.1) is 26.9 Å². The number of ether oxygens (including phenoxy) is 5. The number of carbonyl (C=O) groups excluding carboxylic acids is 4. The normalized spacial score (nSPS) is 23.8. The summed E-state index contributed by atoms with van der Waals surface area (Å²) in [4.78, 5) is 52.3. The minimum atomic E-state index is -2.28. The Kier molecular flexibility index (Phi) is 12.6. The highest BCUT2D eigenvalue weighted by Crippen LogP contribution is 2.42. The summed E-state index contributed by atoms with van der Waals surface area (Å²) >= 11 is 18.6. The van der Waals surface area contributed by atoms with Gasteiger partial charge in [0.1, 0.15) is 6.61 Å². The molecule has 0 spiro atoms. The number of thioether (sulfide) groups is 1. The molecule has 0 radical (unpaired) electrons. The maximum Gasteiger partial charge on any atom is 0.311 e. The number of carbonyl (C=O) groups is 4. The van der Waals surface area contributed by atoms with Crippen molar-refractivity contribution in [2.24, 2.45) is 21.7 Å². The van der Waals surface area contributed by atoms with Crippen molar-refractivity contribution in [3.8, 4) is 0 Å². The molecule has 0 unspecified atom stereocenters. The van der Waals surface area contributed by atoms with E-state index in [2.05, 4.69) is 0 Å². The number of rotatable bonds is 6. The van der Waals surface area contributed by atoms with E-state index in [0.717, 1.165) is 11.8 Å². The molecule has 0 saturated carbocycles. The van der Waals surface area contributed by atoms with Gasteiger partial charge in [0, 0.05) is 0 Å². The molecule has 1 rings (SSSR count). The van der Waals surface area contributed by atoms with Crippen molar-refractivity contribution in [3.05, 3.63) is 0 Å². The van der Waals surface area contributed by atoms with Gasteiger partial charge in [0.2, 0.25) is 5.90 Å². The third-order valence-electron chi connectivity index (χ3n) is 5.64. The van der Waals surface area contributed by atoms with Gasteiger partial charge in [-0.1, -0.05) is 34.8 Å². The second-order valence-electron chi connectivity index (χ2n) is 14.2. The minimum absolute atomic E-state index is 0.312. The summed E-state index contributed by atoms with van der Waals surface area (Å²) in [6, 6.07) is 0. The van der Waals surface area contributed by atoms with Crippen molar-refractivity contribution in [1.82, 2.24) is 0 Å². The Bertz CT molecular complexity index is 1030. The second kappa shape index (κ2) is 13.7. The van der Waals surface area contributed by atoms with E-state index in [9.17, 15) is 19.2 Å². The summed E-state index contributed by atoms with van der Waals surface area (Å²) in [6.07, 6.45) is -4.17. The van der Waals surface area contributed by atoms with E-state index in [1.165, 1.54) is 0 Å². The Labute approximate surface area is 268 Å². The van der Waals surface area contributed by atoms with Crippen LogP contribution in [0.15, 0.2) is 0 Å². The maximum absolute atomic E-state index is 13.2. The summed E-state index contributed by atoms with van der Waals surface area (Å²) in [5, 5.41) is 7.27. The molecular weight excluding hydrogens is 633 g/mol. The quantitative estimate of drug-likeness (QED) is 0.113. The molecule has 0 aromatic rings. The largest absolute Gasteiger partial charge is 0.464 e. The van der Waals surface area contributed by atoms with Crippen molar-refractivity contribution >= 4 is 76.3 Å². The third-order valence-corrected chi connectivity index (χ3v) is 7.54. The van der Waals surface area contributed by atoms with E-state index >= 15 is 0 Å². The first-order valence-corrected chi connectivity index (χ1v) is 15.4. The van der Waals surface area contributed by atoms with Crippen LogP contribution in [0.25, 0.3) is 0 Å². The van der Waals surface area contributed by atoms with Gasteiger partial charge < -0.3 is 23.7 Å². The molecule has 0 bridgehead atoms. The van der Waals surface area contributed by atoms with Crippen LogP contribution in [0, 0.1) is 27.1 Å². The van der Waals surface area contributed by atoms with Crippen molar-refractivity contribution in [2.75, 3.05) is 6.61 Å². The summed E-state index contributed by atoms with van der Waals surface area (Å²) < 4.78 is 26.7. The van der Waals surface area contributed by atoms with E-state index < -0.39 is 84.2 Å².